The average molecular weight is 390 g/mol. The lowest BCUT2D eigenvalue weighted by molar-refractivity contribution is 0.358. The van der Waals surface area contributed by atoms with Crippen molar-refractivity contribution >= 4 is 5.96 Å². The number of aliphatic imine (C=N–C) groups is 1. The molecule has 1 heterocycles. The highest BCUT2D eigenvalue weighted by Gasteiger charge is 2.05. The number of imidazole rings is 1. The van der Waals surface area contributed by atoms with Gasteiger partial charge in [-0.3, -0.25) is 4.99 Å². The van der Waals surface area contributed by atoms with E-state index in [1.807, 2.05) is 36.8 Å². The van der Waals surface area contributed by atoms with Crippen LogP contribution in [0.3, 0.4) is 0 Å². The number of nitrogens with one attached hydrogen (secondary N) is 2. The second kappa shape index (κ2) is 10.7. The first-order valence-corrected chi connectivity index (χ1v) is 9.58. The molecule has 0 saturated carbocycles. The number of aromatic nitrogens is 2. The van der Waals surface area contributed by atoms with Crippen LogP contribution in [-0.4, -0.2) is 29.2 Å². The zero-order valence-corrected chi connectivity index (χ0v) is 16.7. The van der Waals surface area contributed by atoms with Gasteiger partial charge in [-0.05, 0) is 17.2 Å². The van der Waals surface area contributed by atoms with Crippen molar-refractivity contribution in [3.05, 3.63) is 96.6 Å². The van der Waals surface area contributed by atoms with Gasteiger partial charge >= 0.3 is 0 Å². The van der Waals surface area contributed by atoms with Gasteiger partial charge in [-0.25, -0.2) is 4.98 Å². The van der Waals surface area contributed by atoms with Gasteiger partial charge in [-0.2, -0.15) is 0 Å². The summed E-state index contributed by atoms with van der Waals surface area (Å²) in [6, 6.07) is 16.5. The maximum Gasteiger partial charge on any atom is 0.191 e. The summed E-state index contributed by atoms with van der Waals surface area (Å²) in [6.07, 6.45) is 7.33. The summed E-state index contributed by atoms with van der Waals surface area (Å²) in [6.45, 7) is 6.30. The Bertz CT molecular complexity index is 934. The van der Waals surface area contributed by atoms with E-state index in [0.717, 1.165) is 23.8 Å². The molecular formula is C23H27N5O. The molecule has 150 valence electrons. The van der Waals surface area contributed by atoms with Crippen molar-refractivity contribution in [2.75, 3.05) is 13.7 Å². The number of nitrogens with zero attached hydrogens (tertiary/aromatic N) is 3. The van der Waals surface area contributed by atoms with Crippen molar-refractivity contribution in [1.82, 2.24) is 20.2 Å². The maximum absolute atomic E-state index is 5.71. The van der Waals surface area contributed by atoms with E-state index < -0.39 is 0 Å². The Labute approximate surface area is 172 Å². The molecule has 0 fully saturated rings. The summed E-state index contributed by atoms with van der Waals surface area (Å²) in [4.78, 5) is 8.41. The predicted molar refractivity (Wildman–Crippen MR) is 117 cm³/mol. The summed E-state index contributed by atoms with van der Waals surface area (Å²) in [7, 11) is 1.77. The van der Waals surface area contributed by atoms with Crippen LogP contribution in [0, 0.1) is 0 Å². The zero-order chi connectivity index (χ0) is 20.3. The van der Waals surface area contributed by atoms with Crippen LogP contribution in [0.4, 0.5) is 0 Å². The highest BCUT2D eigenvalue weighted by molar-refractivity contribution is 5.79. The Hall–Kier alpha value is -3.54. The van der Waals surface area contributed by atoms with Gasteiger partial charge in [-0.1, -0.05) is 55.1 Å². The number of guanidine groups is 1. The predicted octanol–water partition coefficient (Wildman–Crippen LogP) is 3.36. The molecular weight excluding hydrogens is 362 g/mol. The van der Waals surface area contributed by atoms with Gasteiger partial charge in [0.2, 0.25) is 0 Å². The molecule has 0 radical (unpaired) electrons. The normalized spacial score (nSPS) is 11.1. The highest BCUT2D eigenvalue weighted by atomic mass is 16.5. The van der Waals surface area contributed by atoms with E-state index in [0.29, 0.717) is 19.7 Å². The number of ether oxygens (including phenoxy) is 1. The van der Waals surface area contributed by atoms with Gasteiger partial charge in [0.05, 0.1) is 6.33 Å². The molecule has 0 saturated heterocycles. The molecule has 0 aliphatic rings. The molecule has 3 rings (SSSR count). The summed E-state index contributed by atoms with van der Waals surface area (Å²) in [5, 5.41) is 6.71. The molecule has 0 aliphatic carbocycles. The largest absolute Gasteiger partial charge is 0.489 e. The van der Waals surface area contributed by atoms with Crippen LogP contribution in [-0.2, 0) is 19.6 Å². The summed E-state index contributed by atoms with van der Waals surface area (Å²) in [5.41, 5.74) is 3.50. The average Bonchev–Trinajstić information content (AvgIpc) is 3.26. The van der Waals surface area contributed by atoms with Crippen molar-refractivity contribution in [2.45, 2.75) is 19.6 Å². The number of rotatable bonds is 9. The molecule has 0 aliphatic heterocycles. The Morgan fingerprint density at radius 3 is 2.76 bits per heavy atom. The monoisotopic (exact) mass is 389 g/mol. The van der Waals surface area contributed by atoms with Gasteiger partial charge in [0.15, 0.2) is 5.96 Å². The van der Waals surface area contributed by atoms with Crippen LogP contribution < -0.4 is 15.4 Å². The van der Waals surface area contributed by atoms with Crippen molar-refractivity contribution < 1.29 is 4.74 Å². The topological polar surface area (TPSA) is 63.5 Å². The minimum absolute atomic E-state index is 0.486. The van der Waals surface area contributed by atoms with Crippen LogP contribution in [0.1, 0.15) is 16.7 Å². The van der Waals surface area contributed by atoms with Crippen molar-refractivity contribution in [3.8, 4) is 5.75 Å². The fraction of sp³-hybridized carbons (Fsp3) is 0.217. The van der Waals surface area contributed by atoms with Gasteiger partial charge in [0.25, 0.3) is 0 Å². The third kappa shape index (κ3) is 6.24. The first kappa shape index (κ1) is 20.2. The summed E-state index contributed by atoms with van der Waals surface area (Å²) < 4.78 is 7.77. The molecule has 6 nitrogen and oxygen atoms in total. The van der Waals surface area contributed by atoms with Crippen LogP contribution in [0.25, 0.3) is 0 Å². The highest BCUT2D eigenvalue weighted by Crippen LogP contribution is 2.17. The SMILES string of the molecule is C=CCOc1ccccc1CNC(=NC)NCc1cccc(Cn2ccnc2)c1. The molecule has 2 aromatic carbocycles. The Morgan fingerprint density at radius 1 is 1.14 bits per heavy atom. The van der Waals surface area contributed by atoms with E-state index in [9.17, 15) is 0 Å². The van der Waals surface area contributed by atoms with Crippen molar-refractivity contribution in [3.63, 3.8) is 0 Å². The standard InChI is InChI=1S/C23H27N5O/c1-3-13-29-22-10-5-4-9-21(22)16-27-23(24-2)26-15-19-7-6-8-20(14-19)17-28-12-11-25-18-28/h3-12,14,18H,1,13,15-17H2,2H3,(H2,24,26,27). The van der Waals surface area contributed by atoms with Gasteiger partial charge in [-0.15, -0.1) is 0 Å². The minimum atomic E-state index is 0.486. The Balaban J connectivity index is 1.54. The van der Waals surface area contributed by atoms with Gasteiger partial charge in [0, 0.05) is 44.6 Å². The molecule has 2 N–H and O–H groups in total. The number of benzene rings is 2. The molecule has 0 atom stereocenters. The summed E-state index contributed by atoms with van der Waals surface area (Å²) >= 11 is 0. The molecule has 0 amide bonds. The first-order chi connectivity index (χ1) is 14.3. The first-order valence-electron chi connectivity index (χ1n) is 9.58. The van der Waals surface area contributed by atoms with Crippen molar-refractivity contribution in [2.24, 2.45) is 4.99 Å². The molecule has 29 heavy (non-hydrogen) atoms. The number of hydrogen-bond donors (Lipinski definition) is 2. The van der Waals surface area contributed by atoms with E-state index in [1.54, 1.807) is 19.3 Å². The minimum Gasteiger partial charge on any atom is -0.489 e. The lowest BCUT2D eigenvalue weighted by Crippen LogP contribution is -2.36. The van der Waals surface area contributed by atoms with E-state index in [1.165, 1.54) is 11.1 Å². The Morgan fingerprint density at radius 2 is 1.97 bits per heavy atom. The number of hydrogen-bond acceptors (Lipinski definition) is 3. The lowest BCUT2D eigenvalue weighted by Gasteiger charge is -2.15. The fourth-order valence-electron chi connectivity index (χ4n) is 2.95. The molecule has 1 aromatic heterocycles. The van der Waals surface area contributed by atoms with Crippen LogP contribution in [0.5, 0.6) is 5.75 Å². The van der Waals surface area contributed by atoms with Crippen LogP contribution in [0.15, 0.2) is 84.9 Å². The Kier molecular flexibility index (Phi) is 7.46. The molecule has 0 bridgehead atoms. The molecule has 6 heteroatoms. The summed E-state index contributed by atoms with van der Waals surface area (Å²) in [5.74, 6) is 1.59. The van der Waals surface area contributed by atoms with E-state index in [4.69, 9.17) is 4.74 Å². The van der Waals surface area contributed by atoms with E-state index in [-0.39, 0.29) is 0 Å². The zero-order valence-electron chi connectivity index (χ0n) is 16.7. The molecule has 0 spiro atoms. The van der Waals surface area contributed by atoms with E-state index in [2.05, 4.69) is 56.0 Å². The van der Waals surface area contributed by atoms with Gasteiger partial charge in [0.1, 0.15) is 12.4 Å². The second-order valence-corrected chi connectivity index (χ2v) is 6.54. The quantitative estimate of drug-likeness (QED) is 0.335. The fourth-order valence-corrected chi connectivity index (χ4v) is 2.95. The second-order valence-electron chi connectivity index (χ2n) is 6.54. The third-order valence-corrected chi connectivity index (χ3v) is 4.37. The maximum atomic E-state index is 5.71. The number of para-hydroxylation sites is 1. The van der Waals surface area contributed by atoms with Crippen molar-refractivity contribution in [1.29, 1.82) is 0 Å². The molecule has 0 unspecified atom stereocenters. The molecule has 3 aromatic rings. The lowest BCUT2D eigenvalue weighted by atomic mass is 10.1. The smallest absolute Gasteiger partial charge is 0.191 e. The third-order valence-electron chi connectivity index (χ3n) is 4.37. The van der Waals surface area contributed by atoms with Crippen LogP contribution in [0.2, 0.25) is 0 Å². The van der Waals surface area contributed by atoms with Crippen LogP contribution >= 0.6 is 0 Å². The van der Waals surface area contributed by atoms with E-state index >= 15 is 0 Å². The van der Waals surface area contributed by atoms with Gasteiger partial charge < -0.3 is 19.9 Å².